The molecule has 0 aliphatic carbocycles. The van der Waals surface area contributed by atoms with Gasteiger partial charge in [-0.3, -0.25) is 14.6 Å². The first kappa shape index (κ1) is 18.1. The van der Waals surface area contributed by atoms with E-state index in [4.69, 9.17) is 0 Å². The molecule has 1 fully saturated rings. The zero-order valence-electron chi connectivity index (χ0n) is 13.6. The van der Waals surface area contributed by atoms with E-state index in [1.165, 1.54) is 18.3 Å². The second-order valence-corrected chi connectivity index (χ2v) is 7.81. The van der Waals surface area contributed by atoms with E-state index in [1.807, 2.05) is 6.92 Å². The molecule has 1 aromatic rings. The standard InChI is InChI=1S/C16H21N3O4S/c1-3-7-18-15(20)14-10-12(5-8-17-14)16(21)19(4-2)13-6-9-24(22,23)11-13/h3,5,8,10,13H,1,4,6-7,9,11H2,2H3,(H,18,20). The number of rotatable bonds is 6. The Kier molecular flexibility index (Phi) is 5.71. The molecule has 0 aromatic carbocycles. The number of hydrogen-bond donors (Lipinski definition) is 1. The van der Waals surface area contributed by atoms with Crippen LogP contribution in [0, 0.1) is 0 Å². The van der Waals surface area contributed by atoms with Crippen molar-refractivity contribution < 1.29 is 18.0 Å². The Bertz CT molecular complexity index is 745. The highest BCUT2D eigenvalue weighted by Crippen LogP contribution is 2.20. The van der Waals surface area contributed by atoms with Crippen LogP contribution < -0.4 is 5.32 Å². The lowest BCUT2D eigenvalue weighted by Gasteiger charge is -2.27. The van der Waals surface area contributed by atoms with Crippen LogP contribution in [0.4, 0.5) is 0 Å². The molecule has 1 saturated heterocycles. The minimum atomic E-state index is -3.08. The summed E-state index contributed by atoms with van der Waals surface area (Å²) in [5, 5.41) is 2.60. The van der Waals surface area contributed by atoms with Gasteiger partial charge in [-0.15, -0.1) is 6.58 Å². The van der Waals surface area contributed by atoms with Gasteiger partial charge < -0.3 is 10.2 Å². The monoisotopic (exact) mass is 351 g/mol. The van der Waals surface area contributed by atoms with Gasteiger partial charge in [-0.2, -0.15) is 0 Å². The first-order chi connectivity index (χ1) is 11.4. The number of carbonyl (C=O) groups is 2. The molecular weight excluding hydrogens is 330 g/mol. The number of amides is 2. The normalized spacial score (nSPS) is 18.8. The van der Waals surface area contributed by atoms with Crippen LogP contribution in [-0.4, -0.2) is 60.8 Å². The van der Waals surface area contributed by atoms with E-state index in [0.717, 1.165) is 0 Å². The molecule has 1 aliphatic rings. The molecule has 2 rings (SSSR count). The summed E-state index contributed by atoms with van der Waals surface area (Å²) >= 11 is 0. The molecule has 8 heteroatoms. The third-order valence-electron chi connectivity index (χ3n) is 3.90. The van der Waals surface area contributed by atoms with E-state index in [-0.39, 0.29) is 29.1 Å². The summed E-state index contributed by atoms with van der Waals surface area (Å²) in [4.78, 5) is 30.2. The van der Waals surface area contributed by atoms with Crippen LogP contribution in [0.25, 0.3) is 0 Å². The molecule has 0 radical (unpaired) electrons. The van der Waals surface area contributed by atoms with E-state index in [9.17, 15) is 18.0 Å². The van der Waals surface area contributed by atoms with Crippen LogP contribution in [0.5, 0.6) is 0 Å². The van der Waals surface area contributed by atoms with Gasteiger partial charge in [-0.05, 0) is 25.5 Å². The topological polar surface area (TPSA) is 96.4 Å². The van der Waals surface area contributed by atoms with Crippen molar-refractivity contribution in [1.29, 1.82) is 0 Å². The molecule has 7 nitrogen and oxygen atoms in total. The molecule has 0 bridgehead atoms. The molecule has 1 atom stereocenters. The lowest BCUT2D eigenvalue weighted by atomic mass is 10.1. The summed E-state index contributed by atoms with van der Waals surface area (Å²) in [6.07, 6.45) is 3.39. The molecule has 2 amide bonds. The molecule has 1 aromatic heterocycles. The quantitative estimate of drug-likeness (QED) is 0.759. The number of aromatic nitrogens is 1. The Balaban J connectivity index is 2.19. The number of carbonyl (C=O) groups excluding carboxylic acids is 2. The zero-order valence-corrected chi connectivity index (χ0v) is 14.4. The summed E-state index contributed by atoms with van der Waals surface area (Å²) in [6, 6.07) is 2.63. The minimum Gasteiger partial charge on any atom is -0.347 e. The van der Waals surface area contributed by atoms with Gasteiger partial charge in [0.2, 0.25) is 0 Å². The summed E-state index contributed by atoms with van der Waals surface area (Å²) in [6.45, 7) is 6.03. The van der Waals surface area contributed by atoms with Gasteiger partial charge in [0, 0.05) is 30.9 Å². The maximum absolute atomic E-state index is 12.7. The summed E-state index contributed by atoms with van der Waals surface area (Å²) in [7, 11) is -3.08. The number of nitrogens with zero attached hydrogens (tertiary/aromatic N) is 2. The minimum absolute atomic E-state index is 0.00958. The highest BCUT2D eigenvalue weighted by atomic mass is 32.2. The maximum atomic E-state index is 12.7. The van der Waals surface area contributed by atoms with Crippen LogP contribution in [0.15, 0.2) is 31.0 Å². The molecule has 1 unspecified atom stereocenters. The largest absolute Gasteiger partial charge is 0.347 e. The lowest BCUT2D eigenvalue weighted by molar-refractivity contribution is 0.0708. The summed E-state index contributed by atoms with van der Waals surface area (Å²) in [5.41, 5.74) is 0.456. The van der Waals surface area contributed by atoms with Gasteiger partial charge in [0.05, 0.1) is 11.5 Å². The lowest BCUT2D eigenvalue weighted by Crippen LogP contribution is -2.41. The van der Waals surface area contributed by atoms with Crippen molar-refractivity contribution in [3.8, 4) is 0 Å². The smallest absolute Gasteiger partial charge is 0.270 e. The van der Waals surface area contributed by atoms with E-state index in [1.54, 1.807) is 11.0 Å². The Labute approximate surface area is 141 Å². The van der Waals surface area contributed by atoms with Gasteiger partial charge in [0.25, 0.3) is 11.8 Å². The number of pyridine rings is 1. The molecule has 0 spiro atoms. The van der Waals surface area contributed by atoms with E-state index in [2.05, 4.69) is 16.9 Å². The van der Waals surface area contributed by atoms with Crippen molar-refractivity contribution in [1.82, 2.24) is 15.2 Å². The second kappa shape index (κ2) is 7.57. The predicted octanol–water partition coefficient (Wildman–Crippen LogP) is 0.647. The highest BCUT2D eigenvalue weighted by molar-refractivity contribution is 7.91. The predicted molar refractivity (Wildman–Crippen MR) is 90.5 cm³/mol. The van der Waals surface area contributed by atoms with Gasteiger partial charge in [0.15, 0.2) is 9.84 Å². The Hall–Kier alpha value is -2.22. The van der Waals surface area contributed by atoms with Gasteiger partial charge >= 0.3 is 0 Å². The average Bonchev–Trinajstić information content (AvgIpc) is 2.93. The van der Waals surface area contributed by atoms with Crippen LogP contribution in [0.2, 0.25) is 0 Å². The first-order valence-electron chi connectivity index (χ1n) is 7.74. The SMILES string of the molecule is C=CCNC(=O)c1cc(C(=O)N(CC)C2CCS(=O)(=O)C2)ccn1. The molecular formula is C16H21N3O4S. The van der Waals surface area contributed by atoms with E-state index >= 15 is 0 Å². The van der Waals surface area contributed by atoms with Crippen LogP contribution in [0.1, 0.15) is 34.2 Å². The van der Waals surface area contributed by atoms with Gasteiger partial charge in [-0.25, -0.2) is 8.42 Å². The van der Waals surface area contributed by atoms with Crippen LogP contribution >= 0.6 is 0 Å². The Morgan fingerprint density at radius 3 is 2.83 bits per heavy atom. The van der Waals surface area contributed by atoms with Gasteiger partial charge in [0.1, 0.15) is 5.69 Å². The Morgan fingerprint density at radius 1 is 1.50 bits per heavy atom. The zero-order chi connectivity index (χ0) is 17.7. The van der Waals surface area contributed by atoms with Crippen molar-refractivity contribution in [2.45, 2.75) is 19.4 Å². The maximum Gasteiger partial charge on any atom is 0.270 e. The summed E-state index contributed by atoms with van der Waals surface area (Å²) < 4.78 is 23.3. The van der Waals surface area contributed by atoms with E-state index < -0.39 is 15.7 Å². The molecule has 0 saturated carbocycles. The van der Waals surface area contributed by atoms with Crippen LogP contribution in [0.3, 0.4) is 0 Å². The first-order valence-corrected chi connectivity index (χ1v) is 9.56. The Morgan fingerprint density at radius 2 is 2.25 bits per heavy atom. The number of hydrogen-bond acceptors (Lipinski definition) is 5. The summed E-state index contributed by atoms with van der Waals surface area (Å²) in [5.74, 6) is -0.590. The van der Waals surface area contributed by atoms with Crippen molar-refractivity contribution >= 4 is 21.7 Å². The van der Waals surface area contributed by atoms with Crippen LogP contribution in [-0.2, 0) is 9.84 Å². The highest BCUT2D eigenvalue weighted by Gasteiger charge is 2.34. The fourth-order valence-corrected chi connectivity index (χ4v) is 4.43. The van der Waals surface area contributed by atoms with Crippen molar-refractivity contribution in [2.75, 3.05) is 24.6 Å². The molecule has 2 heterocycles. The van der Waals surface area contributed by atoms with Crippen molar-refractivity contribution in [3.63, 3.8) is 0 Å². The third-order valence-corrected chi connectivity index (χ3v) is 5.65. The fourth-order valence-electron chi connectivity index (χ4n) is 2.70. The average molecular weight is 351 g/mol. The van der Waals surface area contributed by atoms with Crippen molar-refractivity contribution in [2.24, 2.45) is 0 Å². The molecule has 1 N–H and O–H groups in total. The number of sulfone groups is 1. The number of nitrogens with one attached hydrogen (secondary N) is 1. The molecule has 24 heavy (non-hydrogen) atoms. The second-order valence-electron chi connectivity index (χ2n) is 5.58. The third kappa shape index (κ3) is 4.19. The van der Waals surface area contributed by atoms with E-state index in [0.29, 0.717) is 25.1 Å². The van der Waals surface area contributed by atoms with Crippen molar-refractivity contribution in [3.05, 3.63) is 42.2 Å². The molecule has 1 aliphatic heterocycles. The fraction of sp³-hybridized carbons (Fsp3) is 0.438. The molecule has 130 valence electrons. The van der Waals surface area contributed by atoms with Gasteiger partial charge in [-0.1, -0.05) is 6.08 Å².